The zero-order chi connectivity index (χ0) is 11.0. The van der Waals surface area contributed by atoms with Crippen LogP contribution in [0.2, 0.25) is 5.02 Å². The van der Waals surface area contributed by atoms with E-state index in [9.17, 15) is 8.78 Å². The average Bonchev–Trinajstić information content (AvgIpc) is 2.60. The zero-order valence-corrected chi connectivity index (χ0v) is 10.6. The molecule has 1 aromatic heterocycles. The van der Waals surface area contributed by atoms with Crippen LogP contribution in [0.1, 0.15) is 6.42 Å². The Hall–Kier alpha value is -0.170. The Kier molecular flexibility index (Phi) is 3.30. The molecule has 15 heavy (non-hydrogen) atoms. The van der Waals surface area contributed by atoms with E-state index in [0.717, 1.165) is 0 Å². The average molecular weight is 345 g/mol. The van der Waals surface area contributed by atoms with E-state index in [1.165, 1.54) is 0 Å². The first-order chi connectivity index (χ1) is 7.08. The topological polar surface area (TPSA) is 16.1 Å². The predicted molar refractivity (Wildman–Crippen MR) is 63.6 cm³/mol. The molecule has 0 spiro atoms. The third kappa shape index (κ3) is 2.33. The normalized spacial score (nSPS) is 21.1. The van der Waals surface area contributed by atoms with E-state index in [0.29, 0.717) is 22.4 Å². The molecule has 0 bridgehead atoms. The fourth-order valence-corrected chi connectivity index (χ4v) is 2.14. The highest BCUT2D eigenvalue weighted by molar-refractivity contribution is 14.1. The molecule has 82 valence electrons. The highest BCUT2D eigenvalue weighted by Crippen LogP contribution is 2.27. The molecule has 0 N–H and O–H groups in total. The minimum Gasteiger partial charge on any atom is -0.353 e. The molecule has 0 amide bonds. The molecule has 2 nitrogen and oxygen atoms in total. The number of aromatic nitrogens is 1. The SMILES string of the molecule is Fc1nc(N2CC[C@@H](F)C2)cc(I)c1Cl. The van der Waals surface area contributed by atoms with E-state index in [1.807, 2.05) is 22.6 Å². The van der Waals surface area contributed by atoms with Gasteiger partial charge in [-0.25, -0.2) is 9.37 Å². The minimum atomic E-state index is -0.844. The number of nitrogens with zero attached hydrogens (tertiary/aromatic N) is 2. The van der Waals surface area contributed by atoms with Crippen molar-refractivity contribution >= 4 is 40.0 Å². The molecule has 1 atom stereocenters. The number of alkyl halides is 1. The summed E-state index contributed by atoms with van der Waals surface area (Å²) in [5.74, 6) is -0.234. The van der Waals surface area contributed by atoms with Gasteiger partial charge in [0.05, 0.1) is 6.54 Å². The summed E-state index contributed by atoms with van der Waals surface area (Å²) in [6.07, 6.45) is -0.370. The van der Waals surface area contributed by atoms with Gasteiger partial charge in [0.25, 0.3) is 0 Å². The van der Waals surface area contributed by atoms with Gasteiger partial charge < -0.3 is 4.90 Å². The van der Waals surface area contributed by atoms with Crippen LogP contribution in [0.3, 0.4) is 0 Å². The third-order valence-corrected chi connectivity index (χ3v) is 3.84. The van der Waals surface area contributed by atoms with Gasteiger partial charge in [-0.15, -0.1) is 0 Å². The number of anilines is 1. The Bertz CT molecular complexity index is 365. The summed E-state index contributed by atoms with van der Waals surface area (Å²) in [5.41, 5.74) is 0. The van der Waals surface area contributed by atoms with Crippen LogP contribution in [-0.2, 0) is 0 Å². The lowest BCUT2D eigenvalue weighted by molar-refractivity contribution is 0.364. The Morgan fingerprint density at radius 2 is 2.33 bits per heavy atom. The van der Waals surface area contributed by atoms with E-state index < -0.39 is 12.1 Å². The van der Waals surface area contributed by atoms with Crippen LogP contribution in [0.25, 0.3) is 0 Å². The molecule has 1 aliphatic heterocycles. The second-order valence-electron chi connectivity index (χ2n) is 3.40. The second kappa shape index (κ2) is 4.37. The molecule has 1 aromatic rings. The maximum Gasteiger partial charge on any atom is 0.234 e. The fraction of sp³-hybridized carbons (Fsp3) is 0.444. The first kappa shape index (κ1) is 11.3. The van der Waals surface area contributed by atoms with Crippen LogP contribution in [0.4, 0.5) is 14.6 Å². The van der Waals surface area contributed by atoms with Crippen molar-refractivity contribution in [3.05, 3.63) is 20.6 Å². The van der Waals surface area contributed by atoms with E-state index in [2.05, 4.69) is 4.98 Å². The maximum atomic E-state index is 13.2. The molecular formula is C9H8ClF2IN2. The van der Waals surface area contributed by atoms with Gasteiger partial charge in [0, 0.05) is 10.1 Å². The smallest absolute Gasteiger partial charge is 0.234 e. The van der Waals surface area contributed by atoms with Crippen molar-refractivity contribution in [2.45, 2.75) is 12.6 Å². The van der Waals surface area contributed by atoms with Crippen molar-refractivity contribution in [1.82, 2.24) is 4.98 Å². The van der Waals surface area contributed by atoms with Crippen LogP contribution in [-0.4, -0.2) is 24.2 Å². The summed E-state index contributed by atoms with van der Waals surface area (Å²) < 4.78 is 26.8. The zero-order valence-electron chi connectivity index (χ0n) is 7.68. The summed E-state index contributed by atoms with van der Waals surface area (Å²) in [4.78, 5) is 5.43. The Morgan fingerprint density at radius 1 is 1.60 bits per heavy atom. The van der Waals surface area contributed by atoms with Crippen molar-refractivity contribution < 1.29 is 8.78 Å². The molecule has 0 radical (unpaired) electrons. The molecule has 1 aliphatic rings. The largest absolute Gasteiger partial charge is 0.353 e. The summed E-state index contributed by atoms with van der Waals surface area (Å²) in [5, 5.41) is 0.0235. The van der Waals surface area contributed by atoms with Crippen molar-refractivity contribution in [3.8, 4) is 0 Å². The summed E-state index contributed by atoms with van der Waals surface area (Å²) in [6.45, 7) is 0.857. The fourth-order valence-electron chi connectivity index (χ4n) is 1.54. The molecule has 0 unspecified atom stereocenters. The van der Waals surface area contributed by atoms with Crippen LogP contribution in [0.15, 0.2) is 6.07 Å². The predicted octanol–water partition coefficient (Wildman–Crippen LogP) is 3.03. The quantitative estimate of drug-likeness (QED) is 0.575. The monoisotopic (exact) mass is 344 g/mol. The Labute approximate surface area is 105 Å². The molecule has 2 heterocycles. The number of halogens is 4. The first-order valence-electron chi connectivity index (χ1n) is 4.48. The standard InChI is InChI=1S/C9H8ClF2IN2/c10-8-6(13)3-7(14-9(8)12)15-2-1-5(11)4-15/h3,5H,1-2,4H2/t5-/m1/s1. The van der Waals surface area contributed by atoms with E-state index in [4.69, 9.17) is 11.6 Å². The van der Waals surface area contributed by atoms with E-state index in [1.54, 1.807) is 11.0 Å². The highest BCUT2D eigenvalue weighted by atomic mass is 127. The number of pyridine rings is 1. The molecule has 1 fully saturated rings. The Balaban J connectivity index is 2.29. The summed E-state index contributed by atoms with van der Waals surface area (Å²) >= 11 is 7.58. The summed E-state index contributed by atoms with van der Waals surface area (Å²) in [7, 11) is 0. The number of hydrogen-bond acceptors (Lipinski definition) is 2. The lowest BCUT2D eigenvalue weighted by atomic mass is 10.3. The van der Waals surface area contributed by atoms with Gasteiger partial charge >= 0.3 is 0 Å². The molecule has 6 heteroatoms. The number of rotatable bonds is 1. The lowest BCUT2D eigenvalue weighted by Gasteiger charge is -2.16. The van der Waals surface area contributed by atoms with Gasteiger partial charge in [0.2, 0.25) is 5.95 Å². The lowest BCUT2D eigenvalue weighted by Crippen LogP contribution is -2.21. The van der Waals surface area contributed by atoms with Crippen molar-refractivity contribution in [3.63, 3.8) is 0 Å². The summed E-state index contributed by atoms with van der Waals surface area (Å²) in [6, 6.07) is 1.67. The van der Waals surface area contributed by atoms with Crippen LogP contribution in [0, 0.1) is 9.52 Å². The van der Waals surface area contributed by atoms with Gasteiger partial charge in [0.15, 0.2) is 0 Å². The van der Waals surface area contributed by atoms with Crippen LogP contribution < -0.4 is 4.90 Å². The Morgan fingerprint density at radius 3 is 2.87 bits per heavy atom. The van der Waals surface area contributed by atoms with Crippen LogP contribution in [0.5, 0.6) is 0 Å². The van der Waals surface area contributed by atoms with E-state index >= 15 is 0 Å². The van der Waals surface area contributed by atoms with Gasteiger partial charge in [0.1, 0.15) is 17.0 Å². The van der Waals surface area contributed by atoms with Crippen molar-refractivity contribution in [1.29, 1.82) is 0 Å². The van der Waals surface area contributed by atoms with Crippen molar-refractivity contribution in [2.24, 2.45) is 0 Å². The van der Waals surface area contributed by atoms with Gasteiger partial charge in [-0.05, 0) is 35.1 Å². The highest BCUT2D eigenvalue weighted by Gasteiger charge is 2.24. The molecule has 2 rings (SSSR count). The second-order valence-corrected chi connectivity index (χ2v) is 4.94. The molecule has 1 saturated heterocycles. The minimum absolute atomic E-state index is 0.0235. The van der Waals surface area contributed by atoms with E-state index in [-0.39, 0.29) is 11.6 Å². The van der Waals surface area contributed by atoms with Crippen molar-refractivity contribution in [2.75, 3.05) is 18.0 Å². The molecular weight excluding hydrogens is 336 g/mol. The van der Waals surface area contributed by atoms with Crippen LogP contribution >= 0.6 is 34.2 Å². The van der Waals surface area contributed by atoms with Gasteiger partial charge in [-0.2, -0.15) is 4.39 Å². The molecule has 0 saturated carbocycles. The number of hydrogen-bond donors (Lipinski definition) is 0. The third-order valence-electron chi connectivity index (χ3n) is 2.31. The molecule has 0 aromatic carbocycles. The first-order valence-corrected chi connectivity index (χ1v) is 5.94. The molecule has 0 aliphatic carbocycles. The van der Waals surface area contributed by atoms with Gasteiger partial charge in [-0.3, -0.25) is 0 Å². The maximum absolute atomic E-state index is 13.2. The van der Waals surface area contributed by atoms with Gasteiger partial charge in [-0.1, -0.05) is 11.6 Å².